The Bertz CT molecular complexity index is 729. The highest BCUT2D eigenvalue weighted by atomic mass is 32.1. The Morgan fingerprint density at radius 2 is 2.00 bits per heavy atom. The van der Waals surface area contributed by atoms with Crippen molar-refractivity contribution in [2.24, 2.45) is 0 Å². The number of hydrogen-bond acceptors (Lipinski definition) is 6. The molecule has 1 aromatic heterocycles. The number of ether oxygens (including phenoxy) is 3. The van der Waals surface area contributed by atoms with E-state index < -0.39 is 5.97 Å². The average molecular weight is 347 g/mol. The van der Waals surface area contributed by atoms with Crippen molar-refractivity contribution >= 4 is 23.2 Å². The van der Waals surface area contributed by atoms with Crippen molar-refractivity contribution in [2.45, 2.75) is 6.54 Å². The molecule has 0 radical (unpaired) electrons. The van der Waals surface area contributed by atoms with Gasteiger partial charge in [-0.05, 0) is 29.1 Å². The van der Waals surface area contributed by atoms with Crippen LogP contribution in [-0.2, 0) is 16.1 Å². The Hall–Kier alpha value is -2.54. The van der Waals surface area contributed by atoms with E-state index in [4.69, 9.17) is 14.2 Å². The largest absolute Gasteiger partial charge is 0.486 e. The molecule has 0 saturated carbocycles. The second kappa shape index (κ2) is 7.35. The molecule has 1 aliphatic rings. The summed E-state index contributed by atoms with van der Waals surface area (Å²) in [4.78, 5) is 25.3. The van der Waals surface area contributed by atoms with Gasteiger partial charge in [-0.3, -0.25) is 4.79 Å². The van der Waals surface area contributed by atoms with Gasteiger partial charge in [0.15, 0.2) is 18.1 Å². The quantitative estimate of drug-likeness (QED) is 0.777. The van der Waals surface area contributed by atoms with Crippen LogP contribution in [0.5, 0.6) is 11.5 Å². The van der Waals surface area contributed by atoms with Crippen LogP contribution < -0.4 is 9.47 Å². The van der Waals surface area contributed by atoms with Crippen LogP contribution in [0.3, 0.4) is 0 Å². The number of nitrogens with zero attached hydrogens (tertiary/aromatic N) is 1. The monoisotopic (exact) mass is 347 g/mol. The van der Waals surface area contributed by atoms with E-state index in [-0.39, 0.29) is 12.5 Å². The number of hydrogen-bond donors (Lipinski definition) is 0. The first-order valence-electron chi connectivity index (χ1n) is 7.45. The summed E-state index contributed by atoms with van der Waals surface area (Å²) in [7, 11) is 1.66. The van der Waals surface area contributed by atoms with Crippen LogP contribution in [0.1, 0.15) is 15.9 Å². The third kappa shape index (κ3) is 3.86. The van der Waals surface area contributed by atoms with E-state index in [9.17, 15) is 9.59 Å². The molecular weight excluding hydrogens is 330 g/mol. The molecule has 24 heavy (non-hydrogen) atoms. The molecule has 1 amide bonds. The van der Waals surface area contributed by atoms with Gasteiger partial charge in [0, 0.05) is 19.0 Å². The van der Waals surface area contributed by atoms with Gasteiger partial charge >= 0.3 is 5.97 Å². The third-order valence-electron chi connectivity index (χ3n) is 3.54. The van der Waals surface area contributed by atoms with Crippen molar-refractivity contribution in [1.82, 2.24) is 4.90 Å². The van der Waals surface area contributed by atoms with Crippen molar-refractivity contribution in [3.63, 3.8) is 0 Å². The lowest BCUT2D eigenvalue weighted by atomic mass is 10.2. The van der Waals surface area contributed by atoms with Crippen molar-refractivity contribution in [3.05, 3.63) is 46.2 Å². The van der Waals surface area contributed by atoms with E-state index in [2.05, 4.69) is 0 Å². The second-order valence-electron chi connectivity index (χ2n) is 5.32. The highest BCUT2D eigenvalue weighted by molar-refractivity contribution is 7.08. The Morgan fingerprint density at radius 1 is 1.21 bits per heavy atom. The van der Waals surface area contributed by atoms with Gasteiger partial charge in [-0.25, -0.2) is 4.79 Å². The molecule has 0 aliphatic carbocycles. The number of carbonyl (C=O) groups excluding carboxylic acids is 2. The fraction of sp³-hybridized carbons (Fsp3) is 0.294. The summed E-state index contributed by atoms with van der Waals surface area (Å²) >= 11 is 1.40. The number of benzene rings is 1. The van der Waals surface area contributed by atoms with Gasteiger partial charge in [0.25, 0.3) is 5.91 Å². The molecule has 0 unspecified atom stereocenters. The normalized spacial score (nSPS) is 12.5. The van der Waals surface area contributed by atoms with E-state index in [1.165, 1.54) is 16.2 Å². The minimum Gasteiger partial charge on any atom is -0.486 e. The zero-order valence-corrected chi connectivity index (χ0v) is 14.0. The number of fused-ring (bicyclic) bond motifs is 1. The van der Waals surface area contributed by atoms with Crippen LogP contribution in [0.15, 0.2) is 35.0 Å². The van der Waals surface area contributed by atoms with Crippen molar-refractivity contribution < 1.29 is 23.8 Å². The molecule has 0 saturated heterocycles. The molecule has 3 rings (SSSR count). The minimum atomic E-state index is -0.489. The Kier molecular flexibility index (Phi) is 5.00. The first-order chi connectivity index (χ1) is 11.6. The topological polar surface area (TPSA) is 65.1 Å². The highest BCUT2D eigenvalue weighted by Crippen LogP contribution is 2.31. The maximum atomic E-state index is 12.1. The van der Waals surface area contributed by atoms with E-state index in [0.717, 1.165) is 5.56 Å². The zero-order chi connectivity index (χ0) is 16.9. The summed E-state index contributed by atoms with van der Waals surface area (Å²) in [6.07, 6.45) is 0. The number of rotatable bonds is 5. The summed E-state index contributed by atoms with van der Waals surface area (Å²) < 4.78 is 16.0. The molecule has 0 atom stereocenters. The summed E-state index contributed by atoms with van der Waals surface area (Å²) in [5.74, 6) is 0.637. The van der Waals surface area contributed by atoms with Gasteiger partial charge in [0.2, 0.25) is 0 Å². The van der Waals surface area contributed by atoms with Gasteiger partial charge < -0.3 is 19.1 Å². The maximum Gasteiger partial charge on any atom is 0.339 e. The number of thiophene rings is 1. The zero-order valence-electron chi connectivity index (χ0n) is 13.2. The molecule has 0 spiro atoms. The summed E-state index contributed by atoms with van der Waals surface area (Å²) in [5, 5.41) is 3.47. The van der Waals surface area contributed by atoms with E-state index in [0.29, 0.717) is 36.8 Å². The smallest absolute Gasteiger partial charge is 0.339 e. The molecule has 0 N–H and O–H groups in total. The standard InChI is InChI=1S/C17H17NO5S/c1-18(16(19)10-23-17(20)13-4-7-24-11-13)9-12-2-3-14-15(8-12)22-6-5-21-14/h2-4,7-8,11H,5-6,9-10H2,1H3. The van der Waals surface area contributed by atoms with Gasteiger partial charge in [-0.15, -0.1) is 0 Å². The number of likely N-dealkylation sites (N-methyl/N-ethyl adjacent to an activating group) is 1. The Balaban J connectivity index is 1.53. The number of esters is 1. The summed E-state index contributed by atoms with van der Waals surface area (Å²) in [6, 6.07) is 7.24. The Morgan fingerprint density at radius 3 is 2.75 bits per heavy atom. The Labute approximate surface area is 143 Å². The van der Waals surface area contributed by atoms with Crippen molar-refractivity contribution in [1.29, 1.82) is 0 Å². The van der Waals surface area contributed by atoms with E-state index >= 15 is 0 Å². The van der Waals surface area contributed by atoms with Gasteiger partial charge in [0.05, 0.1) is 5.56 Å². The molecule has 1 aliphatic heterocycles. The molecule has 6 nitrogen and oxygen atoms in total. The molecule has 7 heteroatoms. The van der Waals surface area contributed by atoms with Gasteiger partial charge in [0.1, 0.15) is 13.2 Å². The minimum absolute atomic E-state index is 0.270. The number of amides is 1. The molecule has 2 heterocycles. The average Bonchev–Trinajstić information content (AvgIpc) is 3.14. The van der Waals surface area contributed by atoms with Crippen LogP contribution in [0.4, 0.5) is 0 Å². The van der Waals surface area contributed by atoms with E-state index in [1.54, 1.807) is 23.9 Å². The second-order valence-corrected chi connectivity index (χ2v) is 6.10. The van der Waals surface area contributed by atoms with Crippen molar-refractivity contribution in [2.75, 3.05) is 26.9 Å². The molecule has 0 fully saturated rings. The fourth-order valence-corrected chi connectivity index (χ4v) is 2.87. The molecule has 2 aromatic rings. The van der Waals surface area contributed by atoms with Crippen LogP contribution >= 0.6 is 11.3 Å². The lowest BCUT2D eigenvalue weighted by Gasteiger charge is -2.21. The summed E-state index contributed by atoms with van der Waals surface area (Å²) in [5.41, 5.74) is 1.38. The molecular formula is C17H17NO5S. The van der Waals surface area contributed by atoms with Crippen molar-refractivity contribution in [3.8, 4) is 11.5 Å². The van der Waals surface area contributed by atoms with Gasteiger partial charge in [-0.2, -0.15) is 11.3 Å². The SMILES string of the molecule is CN(Cc1ccc2c(c1)OCCO2)C(=O)COC(=O)c1ccsc1. The fourth-order valence-electron chi connectivity index (χ4n) is 2.25. The predicted octanol–water partition coefficient (Wildman–Crippen LogP) is 2.33. The first-order valence-corrected chi connectivity index (χ1v) is 8.39. The molecule has 0 bridgehead atoms. The molecule has 126 valence electrons. The van der Waals surface area contributed by atoms with Crippen LogP contribution in [0, 0.1) is 0 Å². The van der Waals surface area contributed by atoms with Crippen LogP contribution in [-0.4, -0.2) is 43.6 Å². The van der Waals surface area contributed by atoms with Crippen LogP contribution in [0.2, 0.25) is 0 Å². The van der Waals surface area contributed by atoms with Gasteiger partial charge in [-0.1, -0.05) is 6.07 Å². The number of carbonyl (C=O) groups is 2. The predicted molar refractivity (Wildman–Crippen MR) is 88.5 cm³/mol. The lowest BCUT2D eigenvalue weighted by Crippen LogP contribution is -2.30. The third-order valence-corrected chi connectivity index (χ3v) is 4.22. The first kappa shape index (κ1) is 16.3. The molecule has 1 aromatic carbocycles. The van der Waals surface area contributed by atoms with E-state index in [1.807, 2.05) is 18.2 Å². The highest BCUT2D eigenvalue weighted by Gasteiger charge is 2.16. The lowest BCUT2D eigenvalue weighted by molar-refractivity contribution is -0.133. The maximum absolute atomic E-state index is 12.1. The van der Waals surface area contributed by atoms with Crippen LogP contribution in [0.25, 0.3) is 0 Å². The summed E-state index contributed by atoms with van der Waals surface area (Å²) in [6.45, 7) is 1.17.